The van der Waals surface area contributed by atoms with E-state index in [0.717, 1.165) is 11.3 Å². The first-order chi connectivity index (χ1) is 8.63. The van der Waals surface area contributed by atoms with Crippen molar-refractivity contribution in [1.29, 1.82) is 0 Å². The predicted molar refractivity (Wildman–Crippen MR) is 73.4 cm³/mol. The zero-order valence-electron chi connectivity index (χ0n) is 10.4. The van der Waals surface area contributed by atoms with E-state index in [4.69, 9.17) is 16.3 Å². The molecular formula is C15H15ClO2. The summed E-state index contributed by atoms with van der Waals surface area (Å²) in [5.74, 6) is 1.38. The van der Waals surface area contributed by atoms with Crippen molar-refractivity contribution < 1.29 is 9.84 Å². The quantitative estimate of drug-likeness (QED) is 0.896. The Hall–Kier alpha value is -1.51. The van der Waals surface area contributed by atoms with Crippen LogP contribution in [0.15, 0.2) is 36.4 Å². The van der Waals surface area contributed by atoms with Gasteiger partial charge in [-0.2, -0.15) is 0 Å². The molecule has 0 aromatic heterocycles. The Labute approximate surface area is 112 Å². The number of aliphatic hydroxyl groups is 1. The van der Waals surface area contributed by atoms with Crippen molar-refractivity contribution in [3.63, 3.8) is 0 Å². The zero-order valence-corrected chi connectivity index (χ0v) is 11.2. The van der Waals surface area contributed by atoms with Crippen molar-refractivity contribution in [3.05, 3.63) is 58.1 Å². The summed E-state index contributed by atoms with van der Waals surface area (Å²) in [6.45, 7) is 3.90. The fourth-order valence-electron chi connectivity index (χ4n) is 1.74. The lowest BCUT2D eigenvalue weighted by Crippen LogP contribution is -1.95. The SMILES string of the molecule is Cc1cccc(Oc2cccc(Cl)c2CO)c1C. The summed E-state index contributed by atoms with van der Waals surface area (Å²) in [4.78, 5) is 0. The van der Waals surface area contributed by atoms with Crippen LogP contribution in [0.4, 0.5) is 0 Å². The predicted octanol–water partition coefficient (Wildman–Crippen LogP) is 4.24. The van der Waals surface area contributed by atoms with Gasteiger partial charge in [0.2, 0.25) is 0 Å². The van der Waals surface area contributed by atoms with Crippen LogP contribution in [-0.2, 0) is 6.61 Å². The third-order valence-electron chi connectivity index (χ3n) is 3.01. The van der Waals surface area contributed by atoms with Gasteiger partial charge in [0.05, 0.1) is 6.61 Å². The monoisotopic (exact) mass is 262 g/mol. The van der Waals surface area contributed by atoms with Crippen LogP contribution < -0.4 is 4.74 Å². The second-order valence-corrected chi connectivity index (χ2v) is 4.58. The lowest BCUT2D eigenvalue weighted by atomic mass is 10.1. The van der Waals surface area contributed by atoms with Crippen LogP contribution >= 0.6 is 11.6 Å². The van der Waals surface area contributed by atoms with Crippen molar-refractivity contribution in [2.75, 3.05) is 0 Å². The van der Waals surface area contributed by atoms with Crippen LogP contribution in [-0.4, -0.2) is 5.11 Å². The Morgan fingerprint density at radius 1 is 1.06 bits per heavy atom. The van der Waals surface area contributed by atoms with Crippen molar-refractivity contribution >= 4 is 11.6 Å². The largest absolute Gasteiger partial charge is 0.457 e. The van der Waals surface area contributed by atoms with E-state index < -0.39 is 0 Å². The molecular weight excluding hydrogens is 248 g/mol. The molecule has 2 rings (SSSR count). The number of hydrogen-bond donors (Lipinski definition) is 1. The highest BCUT2D eigenvalue weighted by Crippen LogP contribution is 2.32. The van der Waals surface area contributed by atoms with Gasteiger partial charge in [-0.3, -0.25) is 0 Å². The highest BCUT2D eigenvalue weighted by atomic mass is 35.5. The molecule has 0 aliphatic carbocycles. The first-order valence-electron chi connectivity index (χ1n) is 5.76. The molecule has 0 unspecified atom stereocenters. The molecule has 2 aromatic rings. The fraction of sp³-hybridized carbons (Fsp3) is 0.200. The average molecular weight is 263 g/mol. The molecule has 0 fully saturated rings. The molecule has 3 heteroatoms. The molecule has 0 bridgehead atoms. The minimum atomic E-state index is -0.139. The number of benzene rings is 2. The first kappa shape index (κ1) is 12.9. The van der Waals surface area contributed by atoms with Gasteiger partial charge in [0.25, 0.3) is 0 Å². The number of hydrogen-bond acceptors (Lipinski definition) is 2. The molecule has 0 heterocycles. The Balaban J connectivity index is 2.40. The standard InChI is InChI=1S/C15H15ClO2/c1-10-5-3-7-14(11(10)2)18-15-8-4-6-13(16)12(15)9-17/h3-8,17H,9H2,1-2H3. The van der Waals surface area contributed by atoms with Gasteiger partial charge in [-0.05, 0) is 43.2 Å². The van der Waals surface area contributed by atoms with E-state index in [9.17, 15) is 5.11 Å². The number of ether oxygens (including phenoxy) is 1. The molecule has 0 radical (unpaired) electrons. The maximum atomic E-state index is 9.34. The van der Waals surface area contributed by atoms with Gasteiger partial charge in [-0.1, -0.05) is 29.8 Å². The second kappa shape index (κ2) is 5.42. The lowest BCUT2D eigenvalue weighted by molar-refractivity contribution is 0.276. The maximum absolute atomic E-state index is 9.34. The summed E-state index contributed by atoms with van der Waals surface area (Å²) in [7, 11) is 0. The topological polar surface area (TPSA) is 29.5 Å². The van der Waals surface area contributed by atoms with Gasteiger partial charge in [-0.25, -0.2) is 0 Å². The number of halogens is 1. The molecule has 0 atom stereocenters. The molecule has 0 saturated heterocycles. The highest BCUT2D eigenvalue weighted by molar-refractivity contribution is 6.31. The van der Waals surface area contributed by atoms with Crippen LogP contribution in [0.3, 0.4) is 0 Å². The van der Waals surface area contributed by atoms with Gasteiger partial charge in [0.1, 0.15) is 11.5 Å². The molecule has 0 aliphatic heterocycles. The van der Waals surface area contributed by atoms with Crippen molar-refractivity contribution in [2.24, 2.45) is 0 Å². The van der Waals surface area contributed by atoms with Crippen molar-refractivity contribution in [2.45, 2.75) is 20.5 Å². The van der Waals surface area contributed by atoms with Gasteiger partial charge < -0.3 is 9.84 Å². The van der Waals surface area contributed by atoms with E-state index >= 15 is 0 Å². The third-order valence-corrected chi connectivity index (χ3v) is 3.36. The first-order valence-corrected chi connectivity index (χ1v) is 6.13. The lowest BCUT2D eigenvalue weighted by Gasteiger charge is -2.13. The molecule has 0 amide bonds. The molecule has 2 nitrogen and oxygen atoms in total. The molecule has 94 valence electrons. The van der Waals surface area contributed by atoms with Crippen molar-refractivity contribution in [3.8, 4) is 11.5 Å². The van der Waals surface area contributed by atoms with Gasteiger partial charge in [-0.15, -0.1) is 0 Å². The molecule has 2 aromatic carbocycles. The Bertz CT molecular complexity index is 564. The minimum Gasteiger partial charge on any atom is -0.457 e. The van der Waals surface area contributed by atoms with E-state index in [0.29, 0.717) is 16.3 Å². The second-order valence-electron chi connectivity index (χ2n) is 4.17. The van der Waals surface area contributed by atoms with Crippen LogP contribution in [0.25, 0.3) is 0 Å². The summed E-state index contributed by atoms with van der Waals surface area (Å²) in [5, 5.41) is 9.85. The van der Waals surface area contributed by atoms with Crippen LogP contribution in [0.1, 0.15) is 16.7 Å². The molecule has 0 aliphatic rings. The van der Waals surface area contributed by atoms with Gasteiger partial charge in [0, 0.05) is 10.6 Å². The zero-order chi connectivity index (χ0) is 13.1. The van der Waals surface area contributed by atoms with E-state index in [1.165, 1.54) is 5.56 Å². The third kappa shape index (κ3) is 2.50. The highest BCUT2D eigenvalue weighted by Gasteiger charge is 2.09. The summed E-state index contributed by atoms with van der Waals surface area (Å²) < 4.78 is 5.85. The Morgan fingerprint density at radius 2 is 1.72 bits per heavy atom. The van der Waals surface area contributed by atoms with E-state index in [2.05, 4.69) is 0 Å². The van der Waals surface area contributed by atoms with Gasteiger partial charge in [0.15, 0.2) is 0 Å². The van der Waals surface area contributed by atoms with Crippen LogP contribution in [0.5, 0.6) is 11.5 Å². The van der Waals surface area contributed by atoms with E-state index in [1.54, 1.807) is 12.1 Å². The normalized spacial score (nSPS) is 10.4. The summed E-state index contributed by atoms with van der Waals surface area (Å²) >= 11 is 6.03. The van der Waals surface area contributed by atoms with Crippen LogP contribution in [0.2, 0.25) is 5.02 Å². The smallest absolute Gasteiger partial charge is 0.134 e. The van der Waals surface area contributed by atoms with Crippen molar-refractivity contribution in [1.82, 2.24) is 0 Å². The Morgan fingerprint density at radius 3 is 2.44 bits per heavy atom. The minimum absolute atomic E-state index is 0.139. The molecule has 0 spiro atoms. The fourth-order valence-corrected chi connectivity index (χ4v) is 1.97. The number of aryl methyl sites for hydroxylation is 1. The molecule has 18 heavy (non-hydrogen) atoms. The molecule has 1 N–H and O–H groups in total. The average Bonchev–Trinajstić information content (AvgIpc) is 2.35. The summed E-state index contributed by atoms with van der Waals surface area (Å²) in [6.07, 6.45) is 0. The number of rotatable bonds is 3. The van der Waals surface area contributed by atoms with Gasteiger partial charge >= 0.3 is 0 Å². The molecule has 0 saturated carbocycles. The van der Waals surface area contributed by atoms with E-state index in [-0.39, 0.29) is 6.61 Å². The number of aliphatic hydroxyl groups excluding tert-OH is 1. The maximum Gasteiger partial charge on any atom is 0.134 e. The summed E-state index contributed by atoms with van der Waals surface area (Å²) in [5.41, 5.74) is 2.86. The summed E-state index contributed by atoms with van der Waals surface area (Å²) in [6, 6.07) is 11.2. The van der Waals surface area contributed by atoms with Crippen LogP contribution in [0, 0.1) is 13.8 Å². The Kier molecular flexibility index (Phi) is 3.90. The van der Waals surface area contributed by atoms with E-state index in [1.807, 2.05) is 38.1 Å².